The third kappa shape index (κ3) is 3.98. The molecule has 138 valence electrons. The van der Waals surface area contributed by atoms with Crippen molar-refractivity contribution in [2.24, 2.45) is 0 Å². The van der Waals surface area contributed by atoms with Crippen molar-refractivity contribution in [1.29, 1.82) is 0 Å². The first-order valence-corrected chi connectivity index (χ1v) is 8.44. The molecule has 0 aromatic heterocycles. The Morgan fingerprint density at radius 1 is 1.19 bits per heavy atom. The smallest absolute Gasteiger partial charge is 0.251 e. The van der Waals surface area contributed by atoms with Crippen LogP contribution in [0.1, 0.15) is 10.4 Å². The molecule has 1 heterocycles. The van der Waals surface area contributed by atoms with Crippen LogP contribution in [0, 0.1) is 0 Å². The van der Waals surface area contributed by atoms with Crippen LogP contribution >= 0.6 is 0 Å². The van der Waals surface area contributed by atoms with Crippen molar-refractivity contribution >= 4 is 34.8 Å². The molecule has 0 fully saturated rings. The zero-order valence-electron chi connectivity index (χ0n) is 14.9. The van der Waals surface area contributed by atoms with Gasteiger partial charge in [0.2, 0.25) is 5.91 Å². The Morgan fingerprint density at radius 2 is 1.89 bits per heavy atom. The Hall–Kier alpha value is -3.61. The molecule has 2 aromatic carbocycles. The monoisotopic (exact) mass is 364 g/mol. The van der Waals surface area contributed by atoms with E-state index in [9.17, 15) is 14.4 Å². The summed E-state index contributed by atoms with van der Waals surface area (Å²) < 4.78 is 0. The van der Waals surface area contributed by atoms with Crippen molar-refractivity contribution in [3.8, 4) is 0 Å². The van der Waals surface area contributed by atoms with E-state index in [1.54, 1.807) is 31.3 Å². The molecule has 7 nitrogen and oxygen atoms in total. The SMILES string of the molecule is C=CC(=O)Nc1ccc(C(=O)N[C@H]2CNc3ccccc3N(C)C2=O)cc1. The van der Waals surface area contributed by atoms with Gasteiger partial charge in [-0.05, 0) is 42.5 Å². The topological polar surface area (TPSA) is 90.5 Å². The van der Waals surface area contributed by atoms with Crippen molar-refractivity contribution in [2.45, 2.75) is 6.04 Å². The van der Waals surface area contributed by atoms with E-state index in [-0.39, 0.29) is 17.7 Å². The molecule has 1 aliphatic heterocycles. The third-order valence-electron chi connectivity index (χ3n) is 4.30. The van der Waals surface area contributed by atoms with E-state index in [1.807, 2.05) is 24.3 Å². The second-order valence-corrected chi connectivity index (χ2v) is 6.09. The van der Waals surface area contributed by atoms with Crippen LogP contribution in [0.3, 0.4) is 0 Å². The number of nitrogens with one attached hydrogen (secondary N) is 3. The maximum absolute atomic E-state index is 12.7. The largest absolute Gasteiger partial charge is 0.381 e. The Morgan fingerprint density at radius 3 is 2.59 bits per heavy atom. The predicted octanol–water partition coefficient (Wildman–Crippen LogP) is 2.00. The maximum atomic E-state index is 12.7. The highest BCUT2D eigenvalue weighted by molar-refractivity contribution is 6.05. The van der Waals surface area contributed by atoms with Crippen molar-refractivity contribution < 1.29 is 14.4 Å². The number of amides is 3. The van der Waals surface area contributed by atoms with Crippen LogP contribution in [0.5, 0.6) is 0 Å². The van der Waals surface area contributed by atoms with Gasteiger partial charge in [0.25, 0.3) is 11.8 Å². The van der Waals surface area contributed by atoms with Gasteiger partial charge >= 0.3 is 0 Å². The summed E-state index contributed by atoms with van der Waals surface area (Å²) in [6.45, 7) is 3.68. The Balaban J connectivity index is 1.70. The molecule has 0 aliphatic carbocycles. The highest BCUT2D eigenvalue weighted by Crippen LogP contribution is 2.27. The summed E-state index contributed by atoms with van der Waals surface area (Å²) in [5.74, 6) is -0.892. The standard InChI is InChI=1S/C20H20N4O3/c1-3-18(25)22-14-10-8-13(9-11-14)19(26)23-16-12-21-15-6-4-5-7-17(15)24(2)20(16)27/h3-11,16,21H,1,12H2,2H3,(H,22,25)(H,23,26)/t16-/m0/s1. The molecular formula is C20H20N4O3. The van der Waals surface area contributed by atoms with E-state index in [2.05, 4.69) is 22.5 Å². The highest BCUT2D eigenvalue weighted by atomic mass is 16.2. The van der Waals surface area contributed by atoms with Gasteiger partial charge in [-0.25, -0.2) is 0 Å². The fraction of sp³-hybridized carbons (Fsp3) is 0.150. The van der Waals surface area contributed by atoms with Crippen LogP contribution in [-0.2, 0) is 9.59 Å². The minimum absolute atomic E-state index is 0.198. The van der Waals surface area contributed by atoms with Gasteiger partial charge < -0.3 is 20.9 Å². The van der Waals surface area contributed by atoms with Crippen molar-refractivity contribution in [2.75, 3.05) is 29.1 Å². The molecule has 3 amide bonds. The quantitative estimate of drug-likeness (QED) is 0.724. The molecule has 3 N–H and O–H groups in total. The van der Waals surface area contributed by atoms with Gasteiger partial charge in [-0.3, -0.25) is 14.4 Å². The number of benzene rings is 2. The molecule has 3 rings (SSSR count). The fourth-order valence-electron chi connectivity index (χ4n) is 2.82. The number of nitrogens with zero attached hydrogens (tertiary/aromatic N) is 1. The van der Waals surface area contributed by atoms with E-state index in [1.165, 1.54) is 11.0 Å². The molecule has 1 aliphatic rings. The summed E-state index contributed by atoms with van der Waals surface area (Å²) in [7, 11) is 1.68. The van der Waals surface area contributed by atoms with E-state index >= 15 is 0 Å². The number of fused-ring (bicyclic) bond motifs is 1. The molecule has 7 heteroatoms. The van der Waals surface area contributed by atoms with Crippen LogP contribution in [-0.4, -0.2) is 37.4 Å². The highest BCUT2D eigenvalue weighted by Gasteiger charge is 2.29. The third-order valence-corrected chi connectivity index (χ3v) is 4.30. The van der Waals surface area contributed by atoms with Crippen molar-refractivity contribution in [3.63, 3.8) is 0 Å². The minimum Gasteiger partial charge on any atom is -0.381 e. The van der Waals surface area contributed by atoms with Crippen molar-refractivity contribution in [3.05, 3.63) is 66.7 Å². The molecule has 0 unspecified atom stereocenters. The van der Waals surface area contributed by atoms with E-state index < -0.39 is 6.04 Å². The Labute approximate surface area is 157 Å². The lowest BCUT2D eigenvalue weighted by Gasteiger charge is -2.21. The minimum atomic E-state index is -0.699. The van der Waals surface area contributed by atoms with Crippen molar-refractivity contribution in [1.82, 2.24) is 5.32 Å². The molecule has 0 bridgehead atoms. The predicted molar refractivity (Wildman–Crippen MR) is 105 cm³/mol. The number of hydrogen-bond donors (Lipinski definition) is 3. The number of carbonyl (C=O) groups excluding carboxylic acids is 3. The van der Waals surface area contributed by atoms with Crippen LogP contribution < -0.4 is 20.9 Å². The molecule has 0 spiro atoms. The first-order chi connectivity index (χ1) is 13.0. The van der Waals surface area contributed by atoms with E-state index in [0.717, 1.165) is 11.4 Å². The van der Waals surface area contributed by atoms with Crippen LogP contribution in [0.2, 0.25) is 0 Å². The normalized spacial score (nSPS) is 15.8. The fourth-order valence-corrected chi connectivity index (χ4v) is 2.82. The summed E-state index contributed by atoms with van der Waals surface area (Å²) in [4.78, 5) is 38.1. The lowest BCUT2D eigenvalue weighted by molar-refractivity contribution is -0.119. The summed E-state index contributed by atoms with van der Waals surface area (Å²) in [5.41, 5.74) is 2.55. The van der Waals surface area contributed by atoms with E-state index in [0.29, 0.717) is 17.8 Å². The molecule has 27 heavy (non-hydrogen) atoms. The Bertz CT molecular complexity index is 892. The molecule has 0 saturated carbocycles. The average molecular weight is 364 g/mol. The van der Waals surface area contributed by atoms with Crippen LogP contribution in [0.15, 0.2) is 61.2 Å². The summed E-state index contributed by atoms with van der Waals surface area (Å²) >= 11 is 0. The van der Waals surface area contributed by atoms with Crippen LogP contribution in [0.4, 0.5) is 17.1 Å². The number of carbonyl (C=O) groups is 3. The van der Waals surface area contributed by atoms with Gasteiger partial charge in [0.1, 0.15) is 6.04 Å². The summed E-state index contributed by atoms with van der Waals surface area (Å²) in [5, 5.41) is 8.57. The number of anilines is 3. The van der Waals surface area contributed by atoms with Gasteiger partial charge in [0, 0.05) is 24.8 Å². The van der Waals surface area contributed by atoms with Gasteiger partial charge in [0.05, 0.1) is 11.4 Å². The first-order valence-electron chi connectivity index (χ1n) is 8.44. The first kappa shape index (κ1) is 18.2. The lowest BCUT2D eigenvalue weighted by atomic mass is 10.1. The van der Waals surface area contributed by atoms with Gasteiger partial charge in [-0.15, -0.1) is 0 Å². The second-order valence-electron chi connectivity index (χ2n) is 6.09. The number of rotatable bonds is 4. The zero-order valence-corrected chi connectivity index (χ0v) is 14.9. The summed E-state index contributed by atoms with van der Waals surface area (Å²) in [6.07, 6.45) is 1.17. The molecule has 1 atom stereocenters. The number of hydrogen-bond acceptors (Lipinski definition) is 4. The molecule has 0 saturated heterocycles. The molecular weight excluding hydrogens is 344 g/mol. The summed E-state index contributed by atoms with van der Waals surface area (Å²) in [6, 6.07) is 13.2. The second kappa shape index (κ2) is 7.74. The lowest BCUT2D eigenvalue weighted by Crippen LogP contribution is -2.49. The van der Waals surface area contributed by atoms with Gasteiger partial charge in [-0.2, -0.15) is 0 Å². The molecule has 0 radical (unpaired) electrons. The molecule has 2 aromatic rings. The van der Waals surface area contributed by atoms with Gasteiger partial charge in [-0.1, -0.05) is 18.7 Å². The van der Waals surface area contributed by atoms with E-state index in [4.69, 9.17) is 0 Å². The number of likely N-dealkylation sites (N-methyl/N-ethyl adjacent to an activating group) is 1. The zero-order chi connectivity index (χ0) is 19.4. The maximum Gasteiger partial charge on any atom is 0.251 e. The number of para-hydroxylation sites is 2. The Kier molecular flexibility index (Phi) is 5.21. The van der Waals surface area contributed by atoms with Crippen LogP contribution in [0.25, 0.3) is 0 Å². The average Bonchev–Trinajstić information content (AvgIpc) is 2.81. The van der Waals surface area contributed by atoms with Gasteiger partial charge in [0.15, 0.2) is 0 Å².